The molecule has 0 fully saturated rings. The number of nitrogens with one attached hydrogen (secondary N) is 1. The van der Waals surface area contributed by atoms with Crippen molar-refractivity contribution in [3.8, 4) is 5.75 Å². The van der Waals surface area contributed by atoms with Crippen LogP contribution in [0.1, 0.15) is 16.1 Å². The molecule has 3 N–H and O–H groups in total. The first-order valence-electron chi connectivity index (χ1n) is 6.34. The Bertz CT molecular complexity index is 904. The molecule has 0 aliphatic rings. The van der Waals surface area contributed by atoms with E-state index in [1.807, 2.05) is 5.32 Å². The van der Waals surface area contributed by atoms with Crippen molar-refractivity contribution >= 4 is 22.9 Å². The molecule has 0 atom stereocenters. The van der Waals surface area contributed by atoms with Gasteiger partial charge in [-0.3, -0.25) is 19.0 Å². The molecule has 2 rings (SSSR count). The van der Waals surface area contributed by atoms with Crippen molar-refractivity contribution in [1.82, 2.24) is 14.9 Å². The van der Waals surface area contributed by atoms with Gasteiger partial charge in [0.25, 0.3) is 11.5 Å². The van der Waals surface area contributed by atoms with Crippen LogP contribution in [0, 0.1) is 0 Å². The summed E-state index contributed by atoms with van der Waals surface area (Å²) in [5.41, 5.74) is -3.64. The van der Waals surface area contributed by atoms with Crippen LogP contribution in [0.2, 0.25) is 0 Å². The molecule has 8 nitrogen and oxygen atoms in total. The number of carbonyl (C=O) groups is 2. The number of pyridine rings is 2. The van der Waals surface area contributed by atoms with E-state index in [9.17, 15) is 32.7 Å². The Morgan fingerprint density at radius 3 is 2.50 bits per heavy atom. The van der Waals surface area contributed by atoms with E-state index in [0.717, 1.165) is 13.1 Å². The zero-order chi connectivity index (χ0) is 18.2. The molecule has 24 heavy (non-hydrogen) atoms. The SMILES string of the molecule is Cn1c(=O)c(C(=O)NCC(=O)O)c(O)c2ccc(C(F)(F)F)nc21. The number of hydrogen-bond acceptors (Lipinski definition) is 5. The Kier molecular flexibility index (Phi) is 4.19. The maximum atomic E-state index is 12.7. The topological polar surface area (TPSA) is 122 Å². The van der Waals surface area contributed by atoms with Gasteiger partial charge >= 0.3 is 12.1 Å². The fraction of sp³-hybridized carbons (Fsp3) is 0.231. The quantitative estimate of drug-likeness (QED) is 0.744. The summed E-state index contributed by atoms with van der Waals surface area (Å²) in [6.07, 6.45) is -4.75. The number of aromatic nitrogens is 2. The van der Waals surface area contributed by atoms with Gasteiger partial charge in [0, 0.05) is 7.05 Å². The van der Waals surface area contributed by atoms with Crippen molar-refractivity contribution in [3.05, 3.63) is 33.7 Å². The van der Waals surface area contributed by atoms with E-state index in [2.05, 4.69) is 4.98 Å². The number of alkyl halides is 3. The molecule has 0 spiro atoms. The van der Waals surface area contributed by atoms with Gasteiger partial charge in [-0.2, -0.15) is 13.2 Å². The second-order valence-corrected chi connectivity index (χ2v) is 4.73. The van der Waals surface area contributed by atoms with Crippen molar-refractivity contribution in [3.63, 3.8) is 0 Å². The van der Waals surface area contributed by atoms with Crippen LogP contribution in [0.5, 0.6) is 5.75 Å². The fourth-order valence-corrected chi connectivity index (χ4v) is 2.00. The van der Waals surface area contributed by atoms with Gasteiger partial charge in [0.1, 0.15) is 29.2 Å². The lowest BCUT2D eigenvalue weighted by Crippen LogP contribution is -2.35. The highest BCUT2D eigenvalue weighted by atomic mass is 19.4. The van der Waals surface area contributed by atoms with Crippen molar-refractivity contribution < 1.29 is 33.0 Å². The lowest BCUT2D eigenvalue weighted by Gasteiger charge is -2.12. The van der Waals surface area contributed by atoms with E-state index in [0.29, 0.717) is 10.6 Å². The average molecular weight is 345 g/mol. The van der Waals surface area contributed by atoms with Crippen LogP contribution in [0.25, 0.3) is 11.0 Å². The summed E-state index contributed by atoms with van der Waals surface area (Å²) in [6.45, 7) is -0.801. The lowest BCUT2D eigenvalue weighted by molar-refractivity contribution is -0.141. The third-order valence-electron chi connectivity index (χ3n) is 3.12. The number of hydrogen-bond donors (Lipinski definition) is 3. The normalized spacial score (nSPS) is 11.5. The number of carboxylic acid groups (broad SMARTS) is 1. The molecule has 0 aliphatic carbocycles. The molecule has 0 saturated carbocycles. The highest BCUT2D eigenvalue weighted by molar-refractivity contribution is 6.02. The monoisotopic (exact) mass is 345 g/mol. The molecule has 2 aromatic heterocycles. The van der Waals surface area contributed by atoms with E-state index < -0.39 is 52.8 Å². The highest BCUT2D eigenvalue weighted by Gasteiger charge is 2.33. The number of fused-ring (bicyclic) bond motifs is 1. The van der Waals surface area contributed by atoms with Gasteiger partial charge in [0.2, 0.25) is 0 Å². The van der Waals surface area contributed by atoms with Crippen LogP contribution in [0.4, 0.5) is 13.2 Å². The first-order chi connectivity index (χ1) is 11.0. The Labute approximate surface area is 131 Å². The number of aromatic hydroxyl groups is 1. The summed E-state index contributed by atoms with van der Waals surface area (Å²) < 4.78 is 38.8. The van der Waals surface area contributed by atoms with Gasteiger partial charge in [-0.15, -0.1) is 0 Å². The lowest BCUT2D eigenvalue weighted by atomic mass is 10.1. The molecular formula is C13H10F3N3O5. The second kappa shape index (κ2) is 5.83. The third-order valence-corrected chi connectivity index (χ3v) is 3.12. The van der Waals surface area contributed by atoms with Crippen molar-refractivity contribution in [2.24, 2.45) is 7.05 Å². The molecular weight excluding hydrogens is 335 g/mol. The zero-order valence-electron chi connectivity index (χ0n) is 12.0. The zero-order valence-corrected chi connectivity index (χ0v) is 12.0. The van der Waals surface area contributed by atoms with Crippen LogP contribution >= 0.6 is 0 Å². The van der Waals surface area contributed by atoms with Crippen LogP contribution in [0.3, 0.4) is 0 Å². The first kappa shape index (κ1) is 17.2. The maximum absolute atomic E-state index is 12.7. The van der Waals surface area contributed by atoms with E-state index >= 15 is 0 Å². The molecule has 128 valence electrons. The molecule has 0 unspecified atom stereocenters. The Hall–Kier alpha value is -3.11. The molecule has 0 radical (unpaired) electrons. The van der Waals surface area contributed by atoms with E-state index in [1.54, 1.807) is 0 Å². The number of carboxylic acids is 1. The van der Waals surface area contributed by atoms with Gasteiger partial charge in [-0.1, -0.05) is 0 Å². The van der Waals surface area contributed by atoms with Crippen LogP contribution in [-0.2, 0) is 18.0 Å². The molecule has 0 bridgehead atoms. The third kappa shape index (κ3) is 3.00. The number of carbonyl (C=O) groups excluding carboxylic acids is 1. The summed E-state index contributed by atoms with van der Waals surface area (Å²) in [4.78, 5) is 37.7. The average Bonchev–Trinajstić information content (AvgIpc) is 2.49. The van der Waals surface area contributed by atoms with E-state index in [1.165, 1.54) is 0 Å². The minimum Gasteiger partial charge on any atom is -0.506 e. The number of amides is 1. The summed E-state index contributed by atoms with van der Waals surface area (Å²) in [5.74, 6) is -3.42. The molecule has 2 aromatic rings. The standard InChI is InChI=1S/C13H10F3N3O5/c1-19-10-5(2-3-6(18-10)13(14,15)16)9(22)8(12(19)24)11(23)17-4-7(20)21/h2-3,22H,4H2,1H3,(H,17,23)(H,20,21). The molecule has 1 amide bonds. The summed E-state index contributed by atoms with van der Waals surface area (Å²) >= 11 is 0. The largest absolute Gasteiger partial charge is 0.506 e. The van der Waals surface area contributed by atoms with Gasteiger partial charge in [0.05, 0.1) is 5.39 Å². The minimum absolute atomic E-state index is 0.259. The van der Waals surface area contributed by atoms with Gasteiger partial charge < -0.3 is 15.5 Å². The van der Waals surface area contributed by atoms with E-state index in [-0.39, 0.29) is 5.39 Å². The van der Waals surface area contributed by atoms with Gasteiger partial charge in [-0.25, -0.2) is 4.98 Å². The van der Waals surface area contributed by atoms with Crippen LogP contribution in [-0.4, -0.2) is 38.2 Å². The molecule has 0 saturated heterocycles. The summed E-state index contributed by atoms with van der Waals surface area (Å²) in [5, 5.41) is 20.2. The van der Waals surface area contributed by atoms with Crippen LogP contribution < -0.4 is 10.9 Å². The molecule has 11 heteroatoms. The van der Waals surface area contributed by atoms with Gasteiger partial charge in [0.15, 0.2) is 0 Å². The number of rotatable bonds is 3. The maximum Gasteiger partial charge on any atom is 0.433 e. The van der Waals surface area contributed by atoms with Crippen LogP contribution in [0.15, 0.2) is 16.9 Å². The van der Waals surface area contributed by atoms with Crippen molar-refractivity contribution in [2.45, 2.75) is 6.18 Å². The Balaban J connectivity index is 2.67. The predicted octanol–water partition coefficient (Wildman–Crippen LogP) is 0.472. The predicted molar refractivity (Wildman–Crippen MR) is 73.6 cm³/mol. The second-order valence-electron chi connectivity index (χ2n) is 4.73. The number of nitrogens with zero attached hydrogens (tertiary/aromatic N) is 2. The number of aliphatic carboxylic acids is 1. The van der Waals surface area contributed by atoms with Gasteiger partial charge in [-0.05, 0) is 12.1 Å². The fourth-order valence-electron chi connectivity index (χ4n) is 2.00. The van der Waals surface area contributed by atoms with Crippen molar-refractivity contribution in [2.75, 3.05) is 6.54 Å². The first-order valence-corrected chi connectivity index (χ1v) is 6.34. The molecule has 0 aliphatic heterocycles. The molecule has 2 heterocycles. The number of halogens is 3. The van der Waals surface area contributed by atoms with E-state index in [4.69, 9.17) is 5.11 Å². The number of aryl methyl sites for hydroxylation is 1. The Morgan fingerprint density at radius 2 is 1.96 bits per heavy atom. The van der Waals surface area contributed by atoms with Crippen molar-refractivity contribution in [1.29, 1.82) is 0 Å². The smallest absolute Gasteiger partial charge is 0.433 e. The Morgan fingerprint density at radius 1 is 1.33 bits per heavy atom. The molecule has 0 aromatic carbocycles. The summed E-state index contributed by atoms with van der Waals surface area (Å²) in [7, 11) is 1.07. The summed E-state index contributed by atoms with van der Waals surface area (Å²) in [6, 6.07) is 1.46. The highest BCUT2D eigenvalue weighted by Crippen LogP contribution is 2.31. The minimum atomic E-state index is -4.75.